The van der Waals surface area contributed by atoms with E-state index in [4.69, 9.17) is 9.47 Å². The van der Waals surface area contributed by atoms with E-state index in [1.54, 1.807) is 30.3 Å². The van der Waals surface area contributed by atoms with E-state index in [-0.39, 0.29) is 5.82 Å². The van der Waals surface area contributed by atoms with Gasteiger partial charge in [-0.15, -0.1) is 0 Å². The number of ether oxygens (including phenoxy) is 2. The minimum atomic E-state index is -0.812. The average Bonchev–Trinajstić information content (AvgIpc) is 2.71. The van der Waals surface area contributed by atoms with Crippen molar-refractivity contribution in [1.29, 1.82) is 0 Å². The van der Waals surface area contributed by atoms with Gasteiger partial charge in [0.25, 0.3) is 0 Å². The third-order valence-electron chi connectivity index (χ3n) is 3.27. The van der Waals surface area contributed by atoms with E-state index in [1.807, 2.05) is 0 Å². The van der Waals surface area contributed by atoms with Gasteiger partial charge in [0.1, 0.15) is 11.9 Å². The predicted molar refractivity (Wildman–Crippen MR) is 72.5 cm³/mol. The van der Waals surface area contributed by atoms with Crippen LogP contribution in [0.2, 0.25) is 0 Å². The summed E-state index contributed by atoms with van der Waals surface area (Å²) in [7, 11) is 0. The summed E-state index contributed by atoms with van der Waals surface area (Å²) in [6, 6.07) is 11.2. The molecule has 0 bridgehead atoms. The van der Waals surface area contributed by atoms with Crippen molar-refractivity contribution in [1.82, 2.24) is 0 Å². The predicted octanol–water partition coefficient (Wildman–Crippen LogP) is 3.07. The van der Waals surface area contributed by atoms with Crippen LogP contribution in [-0.2, 0) is 0 Å². The molecule has 0 radical (unpaired) electrons. The Kier molecular flexibility index (Phi) is 3.56. The van der Waals surface area contributed by atoms with E-state index in [0.29, 0.717) is 35.8 Å². The van der Waals surface area contributed by atoms with Crippen LogP contribution in [0.4, 0.5) is 4.39 Å². The Bertz CT molecular complexity index is 595. The van der Waals surface area contributed by atoms with Crippen LogP contribution < -0.4 is 9.47 Å². The molecular formula is C16H15FO3. The monoisotopic (exact) mass is 274 g/mol. The Morgan fingerprint density at radius 3 is 2.30 bits per heavy atom. The zero-order valence-electron chi connectivity index (χ0n) is 10.9. The lowest BCUT2D eigenvalue weighted by molar-refractivity contribution is 0.219. The number of fused-ring (bicyclic) bond motifs is 1. The third-order valence-corrected chi connectivity index (χ3v) is 3.27. The molecule has 20 heavy (non-hydrogen) atoms. The molecule has 1 heterocycles. The van der Waals surface area contributed by atoms with Crippen LogP contribution in [-0.4, -0.2) is 18.3 Å². The highest BCUT2D eigenvalue weighted by Gasteiger charge is 2.16. The van der Waals surface area contributed by atoms with Gasteiger partial charge in [-0.2, -0.15) is 0 Å². The van der Waals surface area contributed by atoms with E-state index in [9.17, 15) is 9.50 Å². The van der Waals surface area contributed by atoms with Gasteiger partial charge in [0.05, 0.1) is 13.2 Å². The summed E-state index contributed by atoms with van der Waals surface area (Å²) in [5.74, 6) is 1.01. The molecule has 2 aromatic rings. The van der Waals surface area contributed by atoms with Gasteiger partial charge in [0.15, 0.2) is 11.5 Å². The molecule has 0 saturated carbocycles. The van der Waals surface area contributed by atoms with Crippen molar-refractivity contribution in [3.05, 3.63) is 59.4 Å². The summed E-state index contributed by atoms with van der Waals surface area (Å²) in [4.78, 5) is 0. The van der Waals surface area contributed by atoms with Gasteiger partial charge in [0, 0.05) is 6.42 Å². The van der Waals surface area contributed by atoms with Crippen LogP contribution in [0.3, 0.4) is 0 Å². The molecule has 3 nitrogen and oxygen atoms in total. The number of rotatable bonds is 2. The first-order valence-electron chi connectivity index (χ1n) is 6.57. The molecule has 0 saturated heterocycles. The maximum Gasteiger partial charge on any atom is 0.161 e. The molecule has 104 valence electrons. The quantitative estimate of drug-likeness (QED) is 0.914. The van der Waals surface area contributed by atoms with E-state index in [2.05, 4.69) is 0 Å². The van der Waals surface area contributed by atoms with Gasteiger partial charge >= 0.3 is 0 Å². The number of hydrogen-bond donors (Lipinski definition) is 1. The van der Waals surface area contributed by atoms with Gasteiger partial charge < -0.3 is 14.6 Å². The molecule has 1 N–H and O–H groups in total. The van der Waals surface area contributed by atoms with Crippen LogP contribution in [0.25, 0.3) is 0 Å². The topological polar surface area (TPSA) is 38.7 Å². The molecule has 0 amide bonds. The van der Waals surface area contributed by atoms with Gasteiger partial charge in [-0.25, -0.2) is 4.39 Å². The van der Waals surface area contributed by atoms with Crippen molar-refractivity contribution in [2.45, 2.75) is 12.5 Å². The fourth-order valence-electron chi connectivity index (χ4n) is 2.19. The molecule has 2 aromatic carbocycles. The zero-order valence-corrected chi connectivity index (χ0v) is 10.9. The van der Waals surface area contributed by atoms with Gasteiger partial charge in [-0.3, -0.25) is 0 Å². The lowest BCUT2D eigenvalue weighted by atomic mass is 10.0. The smallest absolute Gasteiger partial charge is 0.161 e. The molecule has 1 aliphatic rings. The largest absolute Gasteiger partial charge is 0.490 e. The standard InChI is InChI=1S/C16H15FO3/c17-13-5-2-11(3-6-13)16(18)12-4-7-14-15(10-12)20-9-1-8-19-14/h2-7,10,16,18H,1,8-9H2. The summed E-state index contributed by atoms with van der Waals surface area (Å²) in [6.07, 6.45) is 0.0256. The first-order valence-corrected chi connectivity index (χ1v) is 6.57. The second-order valence-electron chi connectivity index (χ2n) is 4.71. The van der Waals surface area contributed by atoms with E-state index < -0.39 is 6.10 Å². The number of aliphatic hydroxyl groups excluding tert-OH is 1. The van der Waals surface area contributed by atoms with E-state index in [0.717, 1.165) is 6.42 Å². The second-order valence-corrected chi connectivity index (χ2v) is 4.71. The number of halogens is 1. The van der Waals surface area contributed by atoms with Crippen molar-refractivity contribution >= 4 is 0 Å². The highest BCUT2D eigenvalue weighted by molar-refractivity contribution is 5.45. The number of hydrogen-bond acceptors (Lipinski definition) is 3. The number of aliphatic hydroxyl groups is 1. The summed E-state index contributed by atoms with van der Waals surface area (Å²) in [5, 5.41) is 10.3. The van der Waals surface area contributed by atoms with Crippen molar-refractivity contribution in [2.24, 2.45) is 0 Å². The molecule has 0 fully saturated rings. The van der Waals surface area contributed by atoms with Gasteiger partial charge in [-0.1, -0.05) is 18.2 Å². The average molecular weight is 274 g/mol. The Labute approximate surface area is 116 Å². The van der Waals surface area contributed by atoms with Crippen LogP contribution >= 0.6 is 0 Å². The molecular weight excluding hydrogens is 259 g/mol. The van der Waals surface area contributed by atoms with Crippen LogP contribution in [0, 0.1) is 5.82 Å². The summed E-state index contributed by atoms with van der Waals surface area (Å²) in [5.41, 5.74) is 1.33. The van der Waals surface area contributed by atoms with Gasteiger partial charge in [-0.05, 0) is 35.4 Å². The highest BCUT2D eigenvalue weighted by Crippen LogP contribution is 2.33. The molecule has 4 heteroatoms. The first kappa shape index (κ1) is 12.9. The van der Waals surface area contributed by atoms with Crippen molar-refractivity contribution < 1.29 is 19.0 Å². The normalized spacial score (nSPS) is 15.5. The van der Waals surface area contributed by atoms with E-state index in [1.165, 1.54) is 12.1 Å². The van der Waals surface area contributed by atoms with E-state index >= 15 is 0 Å². The molecule has 1 unspecified atom stereocenters. The van der Waals surface area contributed by atoms with Crippen LogP contribution in [0.1, 0.15) is 23.7 Å². The minimum Gasteiger partial charge on any atom is -0.490 e. The molecule has 1 atom stereocenters. The van der Waals surface area contributed by atoms with Crippen LogP contribution in [0.5, 0.6) is 11.5 Å². The first-order chi connectivity index (χ1) is 9.74. The molecule has 0 aliphatic carbocycles. The Hall–Kier alpha value is -2.07. The van der Waals surface area contributed by atoms with Crippen molar-refractivity contribution in [2.75, 3.05) is 13.2 Å². The maximum atomic E-state index is 12.9. The van der Waals surface area contributed by atoms with Crippen molar-refractivity contribution in [3.8, 4) is 11.5 Å². The fourth-order valence-corrected chi connectivity index (χ4v) is 2.19. The lowest BCUT2D eigenvalue weighted by Gasteiger charge is -2.14. The molecule has 0 spiro atoms. The molecule has 3 rings (SSSR count). The fraction of sp³-hybridized carbons (Fsp3) is 0.250. The van der Waals surface area contributed by atoms with Crippen LogP contribution in [0.15, 0.2) is 42.5 Å². The summed E-state index contributed by atoms with van der Waals surface area (Å²) >= 11 is 0. The Morgan fingerprint density at radius 2 is 1.55 bits per heavy atom. The number of benzene rings is 2. The molecule has 0 aromatic heterocycles. The van der Waals surface area contributed by atoms with Crippen molar-refractivity contribution in [3.63, 3.8) is 0 Å². The maximum absolute atomic E-state index is 12.9. The lowest BCUT2D eigenvalue weighted by Crippen LogP contribution is -2.01. The minimum absolute atomic E-state index is 0.320. The summed E-state index contributed by atoms with van der Waals surface area (Å²) < 4.78 is 24.1. The zero-order chi connectivity index (χ0) is 13.9. The SMILES string of the molecule is OC(c1ccc(F)cc1)c1ccc2c(c1)OCCCO2. The molecule has 1 aliphatic heterocycles. The highest BCUT2D eigenvalue weighted by atomic mass is 19.1. The third kappa shape index (κ3) is 2.60. The Morgan fingerprint density at radius 1 is 0.900 bits per heavy atom. The summed E-state index contributed by atoms with van der Waals surface area (Å²) in [6.45, 7) is 1.23. The second kappa shape index (κ2) is 5.51. The van der Waals surface area contributed by atoms with Gasteiger partial charge in [0.2, 0.25) is 0 Å². The Balaban J connectivity index is 1.90.